The van der Waals surface area contributed by atoms with Gasteiger partial charge in [0.15, 0.2) is 5.75 Å². The summed E-state index contributed by atoms with van der Waals surface area (Å²) < 4.78 is 30.7. The molecule has 10 heteroatoms. The van der Waals surface area contributed by atoms with Crippen molar-refractivity contribution in [1.82, 2.24) is 0 Å². The average molecular weight is 247 g/mol. The average Bonchev–Trinajstić information content (AvgIpc) is 2.08. The molecular formula is C6H5N3O6S. The van der Waals surface area contributed by atoms with Crippen molar-refractivity contribution in [3.63, 3.8) is 0 Å². The van der Waals surface area contributed by atoms with Crippen molar-refractivity contribution in [3.05, 3.63) is 16.2 Å². The molecule has 16 heavy (non-hydrogen) atoms. The Labute approximate surface area is 89.0 Å². The Morgan fingerprint density at radius 1 is 1.31 bits per heavy atom. The summed E-state index contributed by atoms with van der Waals surface area (Å²) in [6, 6.07) is 0.955. The minimum atomic E-state index is -4.37. The van der Waals surface area contributed by atoms with E-state index in [-0.39, 0.29) is 17.1 Å². The maximum Gasteiger partial charge on any atom is 0.501 e. The van der Waals surface area contributed by atoms with Gasteiger partial charge in [0.05, 0.1) is 4.92 Å². The maximum absolute atomic E-state index is 11.0. The summed E-state index contributed by atoms with van der Waals surface area (Å²) in [4.78, 5) is 9.77. The smallest absolute Gasteiger partial charge is 0.393 e. The van der Waals surface area contributed by atoms with Gasteiger partial charge in [-0.2, -0.15) is 0 Å². The highest BCUT2D eigenvalue weighted by Gasteiger charge is 2.36. The van der Waals surface area contributed by atoms with Gasteiger partial charge in [-0.05, 0) is 0 Å². The van der Waals surface area contributed by atoms with E-state index < -0.39 is 26.8 Å². The Bertz CT molecular complexity index is 595. The fourth-order valence-electron chi connectivity index (χ4n) is 1.23. The molecule has 2 bridgehead atoms. The number of anilines is 2. The molecule has 0 spiro atoms. The van der Waals surface area contributed by atoms with E-state index in [0.717, 1.165) is 6.07 Å². The van der Waals surface area contributed by atoms with E-state index in [9.17, 15) is 18.5 Å². The SMILES string of the molecule is Nc1cc2c(N)c(c1[N+](=O)[O-])OS(=O)(=O)O2. The fraction of sp³-hybridized carbons (Fsp3) is 0. The van der Waals surface area contributed by atoms with E-state index in [1.807, 2.05) is 0 Å². The molecule has 1 aliphatic rings. The molecule has 1 aromatic rings. The molecule has 2 rings (SSSR count). The first kappa shape index (κ1) is 10.3. The zero-order valence-electron chi connectivity index (χ0n) is 7.54. The molecule has 9 nitrogen and oxygen atoms in total. The molecule has 0 amide bonds. The number of fused-ring (bicyclic) bond motifs is 2. The molecule has 0 aliphatic carbocycles. The fourth-order valence-corrected chi connectivity index (χ4v) is 1.99. The second-order valence-corrected chi connectivity index (χ2v) is 4.04. The Hall–Kier alpha value is -2.23. The van der Waals surface area contributed by atoms with Crippen molar-refractivity contribution in [2.24, 2.45) is 0 Å². The van der Waals surface area contributed by atoms with E-state index in [0.29, 0.717) is 0 Å². The van der Waals surface area contributed by atoms with E-state index in [1.165, 1.54) is 0 Å². The van der Waals surface area contributed by atoms with Gasteiger partial charge in [0.25, 0.3) is 5.75 Å². The lowest BCUT2D eigenvalue weighted by Gasteiger charge is -2.18. The summed E-state index contributed by atoms with van der Waals surface area (Å²) in [6.45, 7) is 0. The number of rotatable bonds is 1. The van der Waals surface area contributed by atoms with Crippen LogP contribution in [0.3, 0.4) is 0 Å². The Kier molecular flexibility index (Phi) is 1.85. The second kappa shape index (κ2) is 2.88. The molecule has 0 saturated carbocycles. The molecule has 0 aromatic heterocycles. The Morgan fingerprint density at radius 3 is 2.50 bits per heavy atom. The van der Waals surface area contributed by atoms with Crippen LogP contribution in [0.4, 0.5) is 17.1 Å². The van der Waals surface area contributed by atoms with E-state index in [2.05, 4.69) is 8.37 Å². The summed E-state index contributed by atoms with van der Waals surface area (Å²) in [7, 11) is -4.37. The lowest BCUT2D eigenvalue weighted by molar-refractivity contribution is -0.384. The number of nitrogens with two attached hydrogens (primary N) is 2. The number of nitro benzene ring substituents is 1. The molecule has 0 saturated heterocycles. The first-order valence-corrected chi connectivity index (χ1v) is 5.15. The van der Waals surface area contributed by atoms with Gasteiger partial charge in [0.1, 0.15) is 11.4 Å². The van der Waals surface area contributed by atoms with Crippen LogP contribution < -0.4 is 19.8 Å². The Balaban J connectivity index is 2.80. The molecule has 0 atom stereocenters. The molecule has 1 aromatic carbocycles. The summed E-state index contributed by atoms with van der Waals surface area (Å²) >= 11 is 0. The van der Waals surface area contributed by atoms with Crippen LogP contribution in [0.2, 0.25) is 0 Å². The molecular weight excluding hydrogens is 242 g/mol. The predicted octanol–water partition coefficient (Wildman–Crippen LogP) is -0.225. The molecule has 4 N–H and O–H groups in total. The summed E-state index contributed by atoms with van der Waals surface area (Å²) in [5.74, 6) is -0.907. The van der Waals surface area contributed by atoms with Gasteiger partial charge < -0.3 is 19.8 Å². The number of benzene rings is 1. The van der Waals surface area contributed by atoms with E-state index >= 15 is 0 Å². The van der Waals surface area contributed by atoms with Gasteiger partial charge in [-0.15, -0.1) is 8.42 Å². The quantitative estimate of drug-likeness (QED) is 0.393. The lowest BCUT2D eigenvalue weighted by Crippen LogP contribution is -2.23. The van der Waals surface area contributed by atoms with Gasteiger partial charge in [-0.1, -0.05) is 0 Å². The number of hydrogen-bond donors (Lipinski definition) is 2. The molecule has 1 heterocycles. The highest BCUT2D eigenvalue weighted by molar-refractivity contribution is 7.82. The largest absolute Gasteiger partial charge is 0.501 e. The van der Waals surface area contributed by atoms with Crippen molar-refractivity contribution in [2.45, 2.75) is 0 Å². The van der Waals surface area contributed by atoms with Crippen LogP contribution in [0, 0.1) is 10.1 Å². The van der Waals surface area contributed by atoms with E-state index in [1.54, 1.807) is 0 Å². The van der Waals surface area contributed by atoms with Crippen LogP contribution in [0.25, 0.3) is 0 Å². The van der Waals surface area contributed by atoms with Crippen LogP contribution >= 0.6 is 0 Å². The van der Waals surface area contributed by atoms with Crippen LogP contribution in [0.15, 0.2) is 6.07 Å². The van der Waals surface area contributed by atoms with Gasteiger partial charge >= 0.3 is 16.1 Å². The number of nitro groups is 1. The third-order valence-corrected chi connectivity index (χ3v) is 2.60. The van der Waals surface area contributed by atoms with Gasteiger partial charge in [-0.3, -0.25) is 10.1 Å². The first-order chi connectivity index (χ1) is 7.32. The second-order valence-electron chi connectivity index (χ2n) is 2.89. The van der Waals surface area contributed by atoms with E-state index in [4.69, 9.17) is 11.5 Å². The highest BCUT2D eigenvalue weighted by Crippen LogP contribution is 2.47. The van der Waals surface area contributed by atoms with Crippen LogP contribution in [-0.2, 0) is 10.4 Å². The van der Waals surface area contributed by atoms with Crippen molar-refractivity contribution >= 4 is 27.5 Å². The van der Waals surface area contributed by atoms with Crippen LogP contribution in [-0.4, -0.2) is 13.3 Å². The summed E-state index contributed by atoms with van der Waals surface area (Å²) in [5, 5.41) is 10.7. The number of nitrogens with zero attached hydrogens (tertiary/aromatic N) is 1. The normalized spacial score (nSPS) is 16.0. The number of nitrogen functional groups attached to an aromatic ring is 2. The first-order valence-electron chi connectivity index (χ1n) is 3.82. The third-order valence-electron chi connectivity index (χ3n) is 1.85. The molecule has 1 aliphatic heterocycles. The molecule has 0 fully saturated rings. The predicted molar refractivity (Wildman–Crippen MR) is 52.1 cm³/mol. The molecule has 0 radical (unpaired) electrons. The minimum Gasteiger partial charge on any atom is -0.393 e. The third kappa shape index (κ3) is 1.35. The van der Waals surface area contributed by atoms with Gasteiger partial charge in [0.2, 0.25) is 0 Å². The van der Waals surface area contributed by atoms with Crippen molar-refractivity contribution in [1.29, 1.82) is 0 Å². The number of hydrogen-bond acceptors (Lipinski definition) is 8. The monoisotopic (exact) mass is 247 g/mol. The zero-order chi connectivity index (χ0) is 12.1. The zero-order valence-corrected chi connectivity index (χ0v) is 8.35. The van der Waals surface area contributed by atoms with Crippen molar-refractivity contribution in [3.8, 4) is 11.5 Å². The summed E-state index contributed by atoms with van der Waals surface area (Å²) in [6.07, 6.45) is 0. The lowest BCUT2D eigenvalue weighted by atomic mass is 10.2. The van der Waals surface area contributed by atoms with Gasteiger partial charge in [0, 0.05) is 6.07 Å². The molecule has 0 unspecified atom stereocenters. The van der Waals surface area contributed by atoms with Crippen LogP contribution in [0.5, 0.6) is 11.5 Å². The highest BCUT2D eigenvalue weighted by atomic mass is 32.3. The van der Waals surface area contributed by atoms with Gasteiger partial charge in [-0.25, -0.2) is 0 Å². The Morgan fingerprint density at radius 2 is 1.94 bits per heavy atom. The van der Waals surface area contributed by atoms with Crippen LogP contribution in [0.1, 0.15) is 0 Å². The van der Waals surface area contributed by atoms with Crippen molar-refractivity contribution < 1.29 is 21.7 Å². The minimum absolute atomic E-state index is 0.282. The van der Waals surface area contributed by atoms with Crippen molar-refractivity contribution in [2.75, 3.05) is 11.5 Å². The maximum atomic E-state index is 11.0. The standard InChI is InChI=1S/C6H5N3O6S/c7-2-1-3-4(8)6(5(2)9(10)11)15-16(12,13)14-3/h1H,7-8H2. The summed E-state index contributed by atoms with van der Waals surface area (Å²) in [5.41, 5.74) is 9.46. The molecule has 86 valence electrons. The topological polar surface area (TPSA) is 148 Å².